The number of amides is 1. The first-order valence-electron chi connectivity index (χ1n) is 7.57. The molecule has 0 radical (unpaired) electrons. The van der Waals surface area contributed by atoms with Crippen molar-refractivity contribution in [2.75, 3.05) is 24.8 Å². The van der Waals surface area contributed by atoms with Gasteiger partial charge in [0.1, 0.15) is 0 Å². The number of hydrogen-bond donors (Lipinski definition) is 0. The van der Waals surface area contributed by atoms with Gasteiger partial charge in [-0.2, -0.15) is 0 Å². The van der Waals surface area contributed by atoms with Crippen LogP contribution in [0.25, 0.3) is 0 Å². The Morgan fingerprint density at radius 3 is 2.00 bits per heavy atom. The number of aromatic nitrogens is 1. The third kappa shape index (κ3) is 3.18. The average molecular weight is 345 g/mol. The molecule has 0 saturated heterocycles. The molecule has 122 valence electrons. The molecule has 1 aromatic rings. The van der Waals surface area contributed by atoms with Crippen LogP contribution in [0.3, 0.4) is 0 Å². The van der Waals surface area contributed by atoms with E-state index >= 15 is 0 Å². The maximum Gasteiger partial charge on any atom is 0.256 e. The lowest BCUT2D eigenvalue weighted by molar-refractivity contribution is 0.0769. The van der Waals surface area contributed by atoms with E-state index in [1.807, 2.05) is 13.8 Å². The highest BCUT2D eigenvalue weighted by atomic mass is 35.5. The van der Waals surface area contributed by atoms with Gasteiger partial charge in [0.25, 0.3) is 5.91 Å². The van der Waals surface area contributed by atoms with Gasteiger partial charge >= 0.3 is 0 Å². The van der Waals surface area contributed by atoms with E-state index in [1.165, 1.54) is 6.92 Å². The third-order valence-corrected chi connectivity index (χ3v) is 4.51. The van der Waals surface area contributed by atoms with E-state index in [9.17, 15) is 9.59 Å². The second-order valence-electron chi connectivity index (χ2n) is 5.75. The summed E-state index contributed by atoms with van der Waals surface area (Å²) in [5, 5.41) is 0. The Labute approximate surface area is 141 Å². The molecule has 0 N–H and O–H groups in total. The van der Waals surface area contributed by atoms with E-state index in [-0.39, 0.29) is 11.7 Å². The van der Waals surface area contributed by atoms with E-state index in [1.54, 1.807) is 4.90 Å². The normalized spacial score (nSPS) is 14.2. The average Bonchev–Trinajstić information content (AvgIpc) is 3.24. The first-order valence-corrected chi connectivity index (χ1v) is 8.64. The first-order chi connectivity index (χ1) is 10.4. The Hall–Kier alpha value is -1.00. The van der Waals surface area contributed by atoms with Gasteiger partial charge in [-0.25, -0.2) is 0 Å². The zero-order valence-corrected chi connectivity index (χ0v) is 14.8. The Bertz CT molecular complexity index is 585. The Morgan fingerprint density at radius 1 is 1.09 bits per heavy atom. The quantitative estimate of drug-likeness (QED) is 0.560. The lowest BCUT2D eigenvalue weighted by Gasteiger charge is -2.21. The summed E-state index contributed by atoms with van der Waals surface area (Å²) in [6, 6.07) is 0.425. The fourth-order valence-electron chi connectivity index (χ4n) is 3.10. The molecular weight excluding hydrogens is 323 g/mol. The van der Waals surface area contributed by atoms with Gasteiger partial charge in [0.05, 0.1) is 11.1 Å². The number of carbonyl (C=O) groups is 2. The molecule has 6 heteroatoms. The number of rotatable bonds is 7. The molecule has 0 spiro atoms. The van der Waals surface area contributed by atoms with Crippen LogP contribution < -0.4 is 0 Å². The summed E-state index contributed by atoms with van der Waals surface area (Å²) in [7, 11) is 0. The van der Waals surface area contributed by atoms with Crippen LogP contribution in [0.4, 0.5) is 0 Å². The minimum Gasteiger partial charge on any atom is -0.345 e. The standard InChI is InChI=1S/C16H22Cl2N2O2/c1-10-14(12(3)21)15(11(2)20(10)13-4-5-13)16(22)19(8-6-17)9-7-18/h13H,4-9H2,1-3H3. The molecule has 1 amide bonds. The van der Waals surface area contributed by atoms with Gasteiger partial charge in [0.2, 0.25) is 0 Å². The SMILES string of the molecule is CC(=O)c1c(C(=O)N(CCCl)CCCl)c(C)n(C2CC2)c1C. The van der Waals surface area contributed by atoms with Crippen molar-refractivity contribution in [2.24, 2.45) is 0 Å². The van der Waals surface area contributed by atoms with Gasteiger partial charge < -0.3 is 9.47 Å². The fraction of sp³-hybridized carbons (Fsp3) is 0.625. The van der Waals surface area contributed by atoms with Crippen molar-refractivity contribution in [1.29, 1.82) is 0 Å². The number of ketones is 1. The van der Waals surface area contributed by atoms with E-state index in [4.69, 9.17) is 23.2 Å². The highest BCUT2D eigenvalue weighted by Gasteiger charge is 2.34. The second-order valence-corrected chi connectivity index (χ2v) is 6.50. The zero-order chi connectivity index (χ0) is 16.4. The third-order valence-electron chi connectivity index (χ3n) is 4.17. The molecule has 1 aromatic heterocycles. The summed E-state index contributed by atoms with van der Waals surface area (Å²) < 4.78 is 2.14. The van der Waals surface area contributed by atoms with Crippen LogP contribution in [0.15, 0.2) is 0 Å². The predicted octanol–water partition coefficient (Wildman–Crippen LogP) is 3.56. The summed E-state index contributed by atoms with van der Waals surface area (Å²) in [5.74, 6) is 0.477. The lowest BCUT2D eigenvalue weighted by Crippen LogP contribution is -2.35. The molecule has 0 unspecified atom stereocenters. The van der Waals surface area contributed by atoms with Crippen molar-refractivity contribution < 1.29 is 9.59 Å². The maximum absolute atomic E-state index is 12.9. The molecule has 1 aliphatic carbocycles. The Balaban J connectivity index is 2.50. The summed E-state index contributed by atoms with van der Waals surface area (Å²) in [6.45, 7) is 6.22. The molecular formula is C16H22Cl2N2O2. The largest absolute Gasteiger partial charge is 0.345 e. The molecule has 0 bridgehead atoms. The number of alkyl halides is 2. The van der Waals surface area contributed by atoms with E-state index in [0.717, 1.165) is 24.2 Å². The monoisotopic (exact) mass is 344 g/mol. The van der Waals surface area contributed by atoms with Crippen molar-refractivity contribution in [3.8, 4) is 0 Å². The van der Waals surface area contributed by atoms with E-state index < -0.39 is 0 Å². The van der Waals surface area contributed by atoms with E-state index in [2.05, 4.69) is 4.57 Å². The van der Waals surface area contributed by atoms with Crippen molar-refractivity contribution in [2.45, 2.75) is 39.7 Å². The number of hydrogen-bond acceptors (Lipinski definition) is 2. The van der Waals surface area contributed by atoms with Crippen molar-refractivity contribution in [3.63, 3.8) is 0 Å². The van der Waals surface area contributed by atoms with Gasteiger partial charge in [-0.05, 0) is 33.6 Å². The number of Topliss-reactive ketones (excluding diaryl/α,β-unsaturated/α-hetero) is 1. The number of carbonyl (C=O) groups excluding carboxylic acids is 2. The van der Waals surface area contributed by atoms with Crippen LogP contribution in [-0.2, 0) is 0 Å². The fourth-order valence-corrected chi connectivity index (χ4v) is 3.51. The topological polar surface area (TPSA) is 42.3 Å². The summed E-state index contributed by atoms with van der Waals surface area (Å²) >= 11 is 11.6. The summed E-state index contributed by atoms with van der Waals surface area (Å²) in [4.78, 5) is 26.7. The Morgan fingerprint density at radius 2 is 1.59 bits per heavy atom. The highest BCUT2D eigenvalue weighted by Crippen LogP contribution is 2.40. The highest BCUT2D eigenvalue weighted by molar-refractivity contribution is 6.19. The molecule has 2 rings (SSSR count). The molecule has 22 heavy (non-hydrogen) atoms. The van der Waals surface area contributed by atoms with Crippen LogP contribution in [0.5, 0.6) is 0 Å². The summed E-state index contributed by atoms with van der Waals surface area (Å²) in [6.07, 6.45) is 2.21. The van der Waals surface area contributed by atoms with Gasteiger partial charge in [-0.15, -0.1) is 23.2 Å². The van der Waals surface area contributed by atoms with Crippen LogP contribution in [0, 0.1) is 13.8 Å². The molecule has 1 fully saturated rings. The first kappa shape index (κ1) is 17.4. The number of nitrogens with zero attached hydrogens (tertiary/aromatic N) is 2. The zero-order valence-electron chi connectivity index (χ0n) is 13.3. The van der Waals surface area contributed by atoms with Crippen LogP contribution >= 0.6 is 23.2 Å². The smallest absolute Gasteiger partial charge is 0.256 e. The van der Waals surface area contributed by atoms with Gasteiger partial charge in [0.15, 0.2) is 5.78 Å². The van der Waals surface area contributed by atoms with Crippen LogP contribution in [-0.4, -0.2) is 46.0 Å². The number of halogens is 2. The lowest BCUT2D eigenvalue weighted by atomic mass is 10.0. The summed E-state index contributed by atoms with van der Waals surface area (Å²) in [5.41, 5.74) is 2.84. The van der Waals surface area contributed by atoms with Crippen LogP contribution in [0.1, 0.15) is 57.9 Å². The van der Waals surface area contributed by atoms with Crippen molar-refractivity contribution >= 4 is 34.9 Å². The molecule has 4 nitrogen and oxygen atoms in total. The second kappa shape index (κ2) is 7.05. The van der Waals surface area contributed by atoms with Gasteiger partial charge in [-0.1, -0.05) is 0 Å². The van der Waals surface area contributed by atoms with Crippen molar-refractivity contribution in [1.82, 2.24) is 9.47 Å². The van der Waals surface area contributed by atoms with Crippen molar-refractivity contribution in [3.05, 3.63) is 22.5 Å². The molecule has 1 saturated carbocycles. The molecule has 1 heterocycles. The molecule has 0 atom stereocenters. The molecule has 0 aromatic carbocycles. The Kier molecular flexibility index (Phi) is 5.56. The molecule has 1 aliphatic rings. The maximum atomic E-state index is 12.9. The van der Waals surface area contributed by atoms with Crippen LogP contribution in [0.2, 0.25) is 0 Å². The minimum atomic E-state index is -0.147. The predicted molar refractivity (Wildman–Crippen MR) is 89.5 cm³/mol. The van der Waals surface area contributed by atoms with Gasteiger partial charge in [0, 0.05) is 42.3 Å². The minimum absolute atomic E-state index is 0.0694. The van der Waals surface area contributed by atoms with Gasteiger partial charge in [-0.3, -0.25) is 9.59 Å². The van der Waals surface area contributed by atoms with E-state index in [0.29, 0.717) is 42.0 Å². The molecule has 0 aliphatic heterocycles.